The van der Waals surface area contributed by atoms with E-state index in [0.717, 1.165) is 6.42 Å². The second-order valence-corrected chi connectivity index (χ2v) is 6.70. The van der Waals surface area contributed by atoms with Gasteiger partial charge in [0.2, 0.25) is 0 Å². The minimum atomic E-state index is -0.886. The molecule has 0 aliphatic carbocycles. The Morgan fingerprint density at radius 3 is 2.52 bits per heavy atom. The van der Waals surface area contributed by atoms with E-state index < -0.39 is 12.1 Å². The Morgan fingerprint density at radius 2 is 1.83 bits per heavy atom. The van der Waals surface area contributed by atoms with Gasteiger partial charge < -0.3 is 10.1 Å². The molecular weight excluding hydrogens is 370 g/mol. The summed E-state index contributed by atoms with van der Waals surface area (Å²) in [6.07, 6.45) is -0.0840. The van der Waals surface area contributed by atoms with Crippen LogP contribution in [-0.2, 0) is 9.53 Å². The molecule has 3 rings (SSSR count). The summed E-state index contributed by atoms with van der Waals surface area (Å²) in [5, 5.41) is 3.21. The summed E-state index contributed by atoms with van der Waals surface area (Å²) in [5.74, 6) is -0.386. The zero-order valence-electron chi connectivity index (χ0n) is 16.6. The third-order valence-corrected chi connectivity index (χ3v) is 4.51. The van der Waals surface area contributed by atoms with Gasteiger partial charge in [0.25, 0.3) is 11.5 Å². The molecule has 7 nitrogen and oxygen atoms in total. The Morgan fingerprint density at radius 1 is 1.14 bits per heavy atom. The summed E-state index contributed by atoms with van der Waals surface area (Å²) in [6.45, 7) is 5.76. The van der Waals surface area contributed by atoms with Gasteiger partial charge in [-0.3, -0.25) is 14.2 Å². The van der Waals surface area contributed by atoms with E-state index in [1.54, 1.807) is 49.4 Å². The van der Waals surface area contributed by atoms with E-state index >= 15 is 0 Å². The van der Waals surface area contributed by atoms with Crippen molar-refractivity contribution in [2.45, 2.75) is 33.3 Å². The fraction of sp³-hybridized carbons (Fsp3) is 0.273. The lowest BCUT2D eigenvalue weighted by Gasteiger charge is -2.14. The highest BCUT2D eigenvalue weighted by molar-refractivity contribution is 5.92. The molecule has 1 N–H and O–H groups in total. The van der Waals surface area contributed by atoms with Gasteiger partial charge in [0.15, 0.2) is 6.10 Å². The van der Waals surface area contributed by atoms with Crippen LogP contribution in [0.3, 0.4) is 0 Å². The minimum Gasteiger partial charge on any atom is -0.449 e. The van der Waals surface area contributed by atoms with Gasteiger partial charge >= 0.3 is 5.97 Å². The van der Waals surface area contributed by atoms with Crippen molar-refractivity contribution < 1.29 is 14.3 Å². The number of nitrogens with zero attached hydrogens (tertiary/aromatic N) is 2. The van der Waals surface area contributed by atoms with Crippen LogP contribution in [0.25, 0.3) is 16.6 Å². The number of aromatic nitrogens is 2. The summed E-state index contributed by atoms with van der Waals surface area (Å²) in [6, 6.07) is 13.6. The molecule has 1 atom stereocenters. The van der Waals surface area contributed by atoms with Crippen LogP contribution in [0, 0.1) is 6.92 Å². The van der Waals surface area contributed by atoms with Crippen LogP contribution < -0.4 is 10.9 Å². The molecule has 0 bridgehead atoms. The number of fused-ring (bicyclic) bond motifs is 1. The van der Waals surface area contributed by atoms with E-state index in [-0.39, 0.29) is 11.5 Å². The lowest BCUT2D eigenvalue weighted by molar-refractivity contribution is -0.129. The molecule has 1 aromatic heterocycles. The van der Waals surface area contributed by atoms with E-state index in [0.29, 0.717) is 34.5 Å². The molecule has 2 aromatic carbocycles. The predicted octanol–water partition coefficient (Wildman–Crippen LogP) is 2.77. The van der Waals surface area contributed by atoms with Crippen LogP contribution in [0.5, 0.6) is 0 Å². The fourth-order valence-electron chi connectivity index (χ4n) is 2.97. The first-order valence-electron chi connectivity index (χ1n) is 9.50. The Hall–Kier alpha value is -3.48. The number of rotatable bonds is 6. The first kappa shape index (κ1) is 20.3. The Bertz CT molecular complexity index is 1100. The van der Waals surface area contributed by atoms with E-state index in [9.17, 15) is 14.4 Å². The van der Waals surface area contributed by atoms with Crippen molar-refractivity contribution in [2.75, 3.05) is 6.54 Å². The van der Waals surface area contributed by atoms with Gasteiger partial charge in [-0.2, -0.15) is 0 Å². The summed E-state index contributed by atoms with van der Waals surface area (Å²) in [7, 11) is 0. The molecule has 0 aliphatic heterocycles. The summed E-state index contributed by atoms with van der Waals surface area (Å²) < 4.78 is 6.71. The summed E-state index contributed by atoms with van der Waals surface area (Å²) in [4.78, 5) is 41.5. The first-order chi connectivity index (χ1) is 13.9. The monoisotopic (exact) mass is 393 g/mol. The van der Waals surface area contributed by atoms with E-state index in [4.69, 9.17) is 4.74 Å². The second kappa shape index (κ2) is 8.68. The lowest BCUT2D eigenvalue weighted by atomic mass is 10.2. The van der Waals surface area contributed by atoms with Crippen LogP contribution in [0.15, 0.2) is 53.3 Å². The number of hydrogen-bond acceptors (Lipinski definition) is 5. The molecule has 3 aromatic rings. The van der Waals surface area contributed by atoms with Crippen molar-refractivity contribution in [3.05, 3.63) is 70.3 Å². The number of aryl methyl sites for hydroxylation is 1. The maximum Gasteiger partial charge on any atom is 0.338 e. The van der Waals surface area contributed by atoms with Crippen LogP contribution >= 0.6 is 0 Å². The Kier molecular flexibility index (Phi) is 6.07. The van der Waals surface area contributed by atoms with Gasteiger partial charge in [0, 0.05) is 6.54 Å². The van der Waals surface area contributed by atoms with Crippen LogP contribution in [0.1, 0.15) is 36.5 Å². The van der Waals surface area contributed by atoms with Gasteiger partial charge in [-0.25, -0.2) is 9.78 Å². The van der Waals surface area contributed by atoms with Crippen molar-refractivity contribution in [3.8, 4) is 5.69 Å². The number of carbonyl (C=O) groups excluding carboxylic acids is 2. The molecule has 1 amide bonds. The zero-order chi connectivity index (χ0) is 21.0. The highest BCUT2D eigenvalue weighted by atomic mass is 16.5. The zero-order valence-corrected chi connectivity index (χ0v) is 16.6. The third-order valence-electron chi connectivity index (χ3n) is 4.51. The molecule has 0 fully saturated rings. The minimum absolute atomic E-state index is 0.176. The average Bonchev–Trinajstić information content (AvgIpc) is 2.72. The standard InChI is InChI=1S/C22H23N3O4/c1-4-13-23-20(26)14(2)29-22(28)16-9-11-17(12-10-16)25-15(3)24-19-8-6-5-7-18(19)21(25)27/h5-12,14H,4,13H2,1-3H3,(H,23,26)/t14-/m1/s1. The molecule has 29 heavy (non-hydrogen) atoms. The normalized spacial score (nSPS) is 11.8. The smallest absolute Gasteiger partial charge is 0.338 e. The van der Waals surface area contributed by atoms with Gasteiger partial charge in [0.1, 0.15) is 5.82 Å². The molecule has 0 aliphatic rings. The second-order valence-electron chi connectivity index (χ2n) is 6.70. The van der Waals surface area contributed by atoms with Crippen LogP contribution in [-0.4, -0.2) is 34.1 Å². The Labute approximate surface area is 168 Å². The molecule has 0 saturated heterocycles. The average molecular weight is 393 g/mol. The van der Waals surface area contributed by atoms with Crippen LogP contribution in [0.4, 0.5) is 0 Å². The van der Waals surface area contributed by atoms with Crippen LogP contribution in [0.2, 0.25) is 0 Å². The molecule has 0 saturated carbocycles. The SMILES string of the molecule is CCCNC(=O)[C@@H](C)OC(=O)c1ccc(-n2c(C)nc3ccccc3c2=O)cc1. The highest BCUT2D eigenvalue weighted by Gasteiger charge is 2.18. The fourth-order valence-corrected chi connectivity index (χ4v) is 2.97. The van der Waals surface area contributed by atoms with Crippen molar-refractivity contribution >= 4 is 22.8 Å². The number of benzene rings is 2. The largest absolute Gasteiger partial charge is 0.449 e. The Balaban J connectivity index is 1.82. The molecule has 0 unspecified atom stereocenters. The van der Waals surface area contributed by atoms with Crippen molar-refractivity contribution in [2.24, 2.45) is 0 Å². The molecule has 1 heterocycles. The van der Waals surface area contributed by atoms with Gasteiger partial charge in [0.05, 0.1) is 22.2 Å². The van der Waals surface area contributed by atoms with Crippen molar-refractivity contribution in [3.63, 3.8) is 0 Å². The number of nitrogens with one attached hydrogen (secondary N) is 1. The molecular formula is C22H23N3O4. The number of carbonyl (C=O) groups is 2. The number of esters is 1. The predicted molar refractivity (Wildman–Crippen MR) is 110 cm³/mol. The van der Waals surface area contributed by atoms with Crippen molar-refractivity contribution in [1.29, 1.82) is 0 Å². The van der Waals surface area contributed by atoms with E-state index in [1.807, 2.05) is 13.0 Å². The van der Waals surface area contributed by atoms with Crippen molar-refractivity contribution in [1.82, 2.24) is 14.9 Å². The summed E-state index contributed by atoms with van der Waals surface area (Å²) in [5.41, 5.74) is 1.35. The molecule has 0 radical (unpaired) electrons. The quantitative estimate of drug-likeness (QED) is 0.651. The van der Waals surface area contributed by atoms with Gasteiger partial charge in [-0.1, -0.05) is 19.1 Å². The topological polar surface area (TPSA) is 90.3 Å². The lowest BCUT2D eigenvalue weighted by Crippen LogP contribution is -2.36. The summed E-state index contributed by atoms with van der Waals surface area (Å²) >= 11 is 0. The number of hydrogen-bond donors (Lipinski definition) is 1. The first-order valence-corrected chi connectivity index (χ1v) is 9.50. The van der Waals surface area contributed by atoms with Gasteiger partial charge in [-0.05, 0) is 56.7 Å². The third kappa shape index (κ3) is 4.34. The van der Waals surface area contributed by atoms with E-state index in [2.05, 4.69) is 10.3 Å². The molecule has 150 valence electrons. The number of ether oxygens (including phenoxy) is 1. The number of amides is 1. The highest BCUT2D eigenvalue weighted by Crippen LogP contribution is 2.14. The maximum atomic E-state index is 12.9. The maximum absolute atomic E-state index is 12.9. The molecule has 7 heteroatoms. The van der Waals surface area contributed by atoms with E-state index in [1.165, 1.54) is 11.5 Å². The number of para-hydroxylation sites is 1. The molecule has 0 spiro atoms. The van der Waals surface area contributed by atoms with Gasteiger partial charge in [-0.15, -0.1) is 0 Å².